The molecule has 0 fully saturated rings. The molecule has 0 aliphatic rings. The van der Waals surface area contributed by atoms with E-state index in [0.29, 0.717) is 22.6 Å². The maximum atomic E-state index is 10.6. The van der Waals surface area contributed by atoms with Crippen LogP contribution in [0.2, 0.25) is 0 Å². The van der Waals surface area contributed by atoms with Crippen molar-refractivity contribution < 1.29 is 14.4 Å². The summed E-state index contributed by atoms with van der Waals surface area (Å²) < 4.78 is 6.25. The summed E-state index contributed by atoms with van der Waals surface area (Å²) in [6, 6.07) is 0. The molecule has 0 aliphatic carbocycles. The molecule has 102 valence electrons. The first-order chi connectivity index (χ1) is 9.19. The third-order valence-corrected chi connectivity index (χ3v) is 3.04. The zero-order valence-corrected chi connectivity index (χ0v) is 11.0. The molecule has 0 spiro atoms. The van der Waals surface area contributed by atoms with Crippen molar-refractivity contribution in [3.05, 3.63) is 11.7 Å². The molecule has 10 heteroatoms. The van der Waals surface area contributed by atoms with E-state index >= 15 is 0 Å². The molecule has 0 aliphatic heterocycles. The van der Waals surface area contributed by atoms with Crippen molar-refractivity contribution in [3.8, 4) is 0 Å². The van der Waals surface area contributed by atoms with Crippen molar-refractivity contribution in [1.82, 2.24) is 30.3 Å². The number of hydrogen-bond donors (Lipinski definition) is 1. The molecule has 0 unspecified atom stereocenters. The highest BCUT2D eigenvalue weighted by atomic mass is 32.2. The normalized spacial score (nSPS) is 10.8. The van der Waals surface area contributed by atoms with E-state index in [9.17, 15) is 4.79 Å². The lowest BCUT2D eigenvalue weighted by Gasteiger charge is -1.98. The quantitative estimate of drug-likeness (QED) is 0.719. The van der Waals surface area contributed by atoms with Gasteiger partial charge in [0.2, 0.25) is 11.0 Å². The van der Waals surface area contributed by atoms with Gasteiger partial charge in [0.1, 0.15) is 6.54 Å². The Morgan fingerprint density at radius 1 is 1.53 bits per heavy atom. The van der Waals surface area contributed by atoms with Crippen LogP contribution < -0.4 is 0 Å². The van der Waals surface area contributed by atoms with Gasteiger partial charge in [-0.05, 0) is 16.8 Å². The zero-order chi connectivity index (χ0) is 13.7. The van der Waals surface area contributed by atoms with Crippen LogP contribution in [0.5, 0.6) is 0 Å². The molecule has 0 amide bonds. The molecule has 2 aromatic rings. The highest BCUT2D eigenvalue weighted by Crippen LogP contribution is 2.18. The first kappa shape index (κ1) is 13.5. The molecule has 0 atom stereocenters. The fourth-order valence-electron chi connectivity index (χ4n) is 1.32. The summed E-state index contributed by atoms with van der Waals surface area (Å²) in [5.74, 6) is 0.563. The third-order valence-electron chi connectivity index (χ3n) is 2.09. The summed E-state index contributed by atoms with van der Waals surface area (Å²) in [4.78, 5) is 14.8. The Labute approximate surface area is 112 Å². The number of rotatable bonds is 7. The molecule has 2 aromatic heterocycles. The van der Waals surface area contributed by atoms with Gasteiger partial charge >= 0.3 is 5.97 Å². The van der Waals surface area contributed by atoms with Crippen LogP contribution in [0.4, 0.5) is 0 Å². The maximum Gasteiger partial charge on any atom is 0.325 e. The fourth-order valence-corrected chi connectivity index (χ4v) is 2.04. The van der Waals surface area contributed by atoms with Crippen molar-refractivity contribution >= 4 is 17.7 Å². The van der Waals surface area contributed by atoms with Crippen LogP contribution in [0.3, 0.4) is 0 Å². The predicted octanol–water partition coefficient (Wildman–Crippen LogP) is 0.385. The monoisotopic (exact) mass is 284 g/mol. The average molecular weight is 284 g/mol. The Hall–Kier alpha value is -1.97. The molecule has 0 saturated carbocycles. The molecule has 9 nitrogen and oxygen atoms in total. The second-order valence-corrected chi connectivity index (χ2v) is 4.60. The van der Waals surface area contributed by atoms with Crippen LogP contribution in [-0.2, 0) is 23.5 Å². The second-order valence-electron chi connectivity index (χ2n) is 3.66. The number of aryl methyl sites for hydroxylation is 1. The van der Waals surface area contributed by atoms with Crippen LogP contribution in [0.25, 0.3) is 0 Å². The van der Waals surface area contributed by atoms with Crippen LogP contribution in [0.1, 0.15) is 25.1 Å². The minimum atomic E-state index is -1.00. The molecule has 0 radical (unpaired) electrons. The number of carboxylic acid groups (broad SMARTS) is 1. The minimum absolute atomic E-state index is 0.275. The van der Waals surface area contributed by atoms with Crippen molar-refractivity contribution in [1.29, 1.82) is 0 Å². The molecule has 0 bridgehead atoms. The third kappa shape index (κ3) is 3.74. The Balaban J connectivity index is 1.94. The van der Waals surface area contributed by atoms with Gasteiger partial charge in [-0.3, -0.25) is 4.79 Å². The lowest BCUT2D eigenvalue weighted by molar-refractivity contribution is -0.138. The smallest absolute Gasteiger partial charge is 0.325 e. The molecule has 1 N–H and O–H groups in total. The SMILES string of the molecule is CCCc1nc(CSc2nnnn2CC(=O)O)no1. The van der Waals surface area contributed by atoms with Gasteiger partial charge in [-0.1, -0.05) is 23.8 Å². The van der Waals surface area contributed by atoms with E-state index in [1.807, 2.05) is 6.92 Å². The lowest BCUT2D eigenvalue weighted by Crippen LogP contribution is -2.11. The van der Waals surface area contributed by atoms with Crippen LogP contribution in [0, 0.1) is 0 Å². The maximum absolute atomic E-state index is 10.6. The van der Waals surface area contributed by atoms with Gasteiger partial charge in [-0.25, -0.2) is 4.68 Å². The minimum Gasteiger partial charge on any atom is -0.480 e. The van der Waals surface area contributed by atoms with Gasteiger partial charge in [-0.2, -0.15) is 4.98 Å². The molecular formula is C9H12N6O3S. The van der Waals surface area contributed by atoms with E-state index in [1.54, 1.807) is 0 Å². The number of tetrazole rings is 1. The Morgan fingerprint density at radius 2 is 2.37 bits per heavy atom. The number of carboxylic acids is 1. The first-order valence-corrected chi connectivity index (χ1v) is 6.59. The van der Waals surface area contributed by atoms with E-state index in [0.717, 1.165) is 12.8 Å². The van der Waals surface area contributed by atoms with E-state index in [4.69, 9.17) is 9.63 Å². The number of aromatic nitrogens is 6. The van der Waals surface area contributed by atoms with E-state index in [2.05, 4.69) is 25.7 Å². The summed E-state index contributed by atoms with van der Waals surface area (Å²) in [5, 5.41) is 23.7. The van der Waals surface area contributed by atoms with Crippen molar-refractivity contribution in [2.75, 3.05) is 0 Å². The van der Waals surface area contributed by atoms with Gasteiger partial charge in [-0.15, -0.1) is 5.10 Å². The summed E-state index contributed by atoms with van der Waals surface area (Å²) in [6.45, 7) is 1.75. The van der Waals surface area contributed by atoms with Crippen LogP contribution in [0.15, 0.2) is 9.68 Å². The Bertz CT molecular complexity index is 554. The summed E-state index contributed by atoms with van der Waals surface area (Å²) in [6.07, 6.45) is 1.68. The van der Waals surface area contributed by atoms with E-state index in [1.165, 1.54) is 16.4 Å². The fraction of sp³-hybridized carbons (Fsp3) is 0.556. The first-order valence-electron chi connectivity index (χ1n) is 5.61. The molecular weight excluding hydrogens is 272 g/mol. The number of aliphatic carboxylic acids is 1. The van der Waals surface area contributed by atoms with Crippen molar-refractivity contribution in [2.24, 2.45) is 0 Å². The van der Waals surface area contributed by atoms with Gasteiger partial charge < -0.3 is 9.63 Å². The highest BCUT2D eigenvalue weighted by molar-refractivity contribution is 7.98. The second kappa shape index (κ2) is 6.27. The predicted molar refractivity (Wildman–Crippen MR) is 63.3 cm³/mol. The molecule has 0 aromatic carbocycles. The number of carbonyl (C=O) groups is 1. The highest BCUT2D eigenvalue weighted by Gasteiger charge is 2.12. The molecule has 2 rings (SSSR count). The van der Waals surface area contributed by atoms with Gasteiger partial charge in [0.15, 0.2) is 5.82 Å². The summed E-state index contributed by atoms with van der Waals surface area (Å²) >= 11 is 1.26. The largest absolute Gasteiger partial charge is 0.480 e. The number of hydrogen-bond acceptors (Lipinski definition) is 8. The Kier molecular flexibility index (Phi) is 4.44. The standard InChI is InChI=1S/C9H12N6O3S/c1-2-3-7-10-6(12-18-7)5-19-9-11-13-14-15(9)4-8(16)17/h2-5H2,1H3,(H,16,17). The molecule has 2 heterocycles. The summed E-state index contributed by atoms with van der Waals surface area (Å²) in [5.41, 5.74) is 0. The lowest BCUT2D eigenvalue weighted by atomic mass is 10.3. The Morgan fingerprint density at radius 3 is 3.11 bits per heavy atom. The van der Waals surface area contributed by atoms with Crippen molar-refractivity contribution in [3.63, 3.8) is 0 Å². The van der Waals surface area contributed by atoms with Crippen LogP contribution in [-0.4, -0.2) is 41.4 Å². The number of nitrogens with zero attached hydrogens (tertiary/aromatic N) is 6. The summed E-state index contributed by atoms with van der Waals surface area (Å²) in [7, 11) is 0. The number of thioether (sulfide) groups is 1. The van der Waals surface area contributed by atoms with Gasteiger partial charge in [0, 0.05) is 6.42 Å². The van der Waals surface area contributed by atoms with Gasteiger partial charge in [0.05, 0.1) is 5.75 Å². The van der Waals surface area contributed by atoms with E-state index < -0.39 is 5.97 Å². The van der Waals surface area contributed by atoms with Crippen LogP contribution >= 0.6 is 11.8 Å². The zero-order valence-electron chi connectivity index (χ0n) is 10.2. The molecule has 19 heavy (non-hydrogen) atoms. The van der Waals surface area contributed by atoms with Gasteiger partial charge in [0.25, 0.3) is 0 Å². The molecule has 0 saturated heterocycles. The topological polar surface area (TPSA) is 120 Å². The average Bonchev–Trinajstić information content (AvgIpc) is 2.96. The van der Waals surface area contributed by atoms with Crippen molar-refractivity contribution in [2.45, 2.75) is 37.2 Å². The van der Waals surface area contributed by atoms with E-state index in [-0.39, 0.29) is 6.54 Å².